The number of likely N-dealkylation sites (N-methyl/N-ethyl adjacent to an activating group) is 2. The standard InChI is InChI=1S/C11H24N2/c1-12-11(9-13(2)3)10-7-5-4-6-8-10/h10-12H,4-9H2,1-3H3. The van der Waals surface area contributed by atoms with Crippen molar-refractivity contribution in [2.24, 2.45) is 5.92 Å². The number of hydrogen-bond donors (Lipinski definition) is 1. The molecule has 0 aromatic rings. The normalized spacial score (nSPS) is 22.2. The molecule has 0 aliphatic heterocycles. The molecule has 1 saturated carbocycles. The van der Waals surface area contributed by atoms with E-state index < -0.39 is 0 Å². The topological polar surface area (TPSA) is 15.3 Å². The van der Waals surface area contributed by atoms with Gasteiger partial charge in [-0.2, -0.15) is 0 Å². The van der Waals surface area contributed by atoms with Crippen LogP contribution >= 0.6 is 0 Å². The van der Waals surface area contributed by atoms with Crippen LogP contribution in [0.4, 0.5) is 0 Å². The smallest absolute Gasteiger partial charge is 0.0219 e. The van der Waals surface area contributed by atoms with Crippen LogP contribution < -0.4 is 5.32 Å². The zero-order valence-electron chi connectivity index (χ0n) is 9.34. The summed E-state index contributed by atoms with van der Waals surface area (Å²) in [6.07, 6.45) is 7.19. The Kier molecular flexibility index (Phi) is 4.74. The molecule has 0 spiro atoms. The Balaban J connectivity index is 2.34. The minimum atomic E-state index is 0.704. The van der Waals surface area contributed by atoms with Crippen LogP contribution in [-0.4, -0.2) is 38.6 Å². The summed E-state index contributed by atoms with van der Waals surface area (Å²) in [6, 6.07) is 0.704. The van der Waals surface area contributed by atoms with E-state index in [-0.39, 0.29) is 0 Å². The summed E-state index contributed by atoms with van der Waals surface area (Å²) in [5, 5.41) is 3.46. The number of rotatable bonds is 4. The van der Waals surface area contributed by atoms with Crippen LogP contribution in [-0.2, 0) is 0 Å². The molecule has 2 nitrogen and oxygen atoms in total. The van der Waals surface area contributed by atoms with Gasteiger partial charge in [-0.1, -0.05) is 19.3 Å². The molecule has 0 saturated heterocycles. The first kappa shape index (κ1) is 11.0. The molecule has 1 unspecified atom stereocenters. The van der Waals surface area contributed by atoms with E-state index in [2.05, 4.69) is 31.4 Å². The Morgan fingerprint density at radius 1 is 1.23 bits per heavy atom. The zero-order valence-corrected chi connectivity index (χ0v) is 9.34. The van der Waals surface area contributed by atoms with Gasteiger partial charge >= 0.3 is 0 Å². The van der Waals surface area contributed by atoms with Crippen molar-refractivity contribution < 1.29 is 0 Å². The van der Waals surface area contributed by atoms with E-state index in [1.54, 1.807) is 0 Å². The average molecular weight is 184 g/mol. The van der Waals surface area contributed by atoms with E-state index in [0.717, 1.165) is 5.92 Å². The van der Waals surface area contributed by atoms with Gasteiger partial charge in [-0.15, -0.1) is 0 Å². The van der Waals surface area contributed by atoms with Gasteiger partial charge in [0.05, 0.1) is 0 Å². The van der Waals surface area contributed by atoms with Crippen molar-refractivity contribution in [3.63, 3.8) is 0 Å². The van der Waals surface area contributed by atoms with Crippen LogP contribution in [0.1, 0.15) is 32.1 Å². The zero-order chi connectivity index (χ0) is 9.68. The van der Waals surface area contributed by atoms with Gasteiger partial charge in [0.1, 0.15) is 0 Å². The minimum Gasteiger partial charge on any atom is -0.315 e. The SMILES string of the molecule is CNC(CN(C)C)C1CCCCC1. The monoisotopic (exact) mass is 184 g/mol. The molecule has 0 radical (unpaired) electrons. The largest absolute Gasteiger partial charge is 0.315 e. The second kappa shape index (κ2) is 5.61. The minimum absolute atomic E-state index is 0.704. The van der Waals surface area contributed by atoms with Gasteiger partial charge in [0, 0.05) is 12.6 Å². The summed E-state index contributed by atoms with van der Waals surface area (Å²) in [7, 11) is 6.42. The predicted octanol–water partition coefficient (Wildman–Crippen LogP) is 1.72. The summed E-state index contributed by atoms with van der Waals surface area (Å²) in [4.78, 5) is 2.29. The molecule has 78 valence electrons. The number of nitrogens with one attached hydrogen (secondary N) is 1. The Bertz CT molecular complexity index is 128. The highest BCUT2D eigenvalue weighted by atomic mass is 15.1. The summed E-state index contributed by atoms with van der Waals surface area (Å²) in [5.74, 6) is 0.918. The van der Waals surface area contributed by atoms with Crippen molar-refractivity contribution in [1.82, 2.24) is 10.2 Å². The number of hydrogen-bond acceptors (Lipinski definition) is 2. The lowest BCUT2D eigenvalue weighted by molar-refractivity contribution is 0.230. The summed E-state index contributed by atoms with van der Waals surface area (Å²) in [6.45, 7) is 1.18. The van der Waals surface area contributed by atoms with Crippen LogP contribution in [0.25, 0.3) is 0 Å². The molecule has 1 rings (SSSR count). The summed E-state index contributed by atoms with van der Waals surface area (Å²) >= 11 is 0. The van der Waals surface area contributed by atoms with Gasteiger partial charge < -0.3 is 10.2 Å². The van der Waals surface area contributed by atoms with Crippen LogP contribution in [0.15, 0.2) is 0 Å². The van der Waals surface area contributed by atoms with Gasteiger partial charge in [-0.3, -0.25) is 0 Å². The summed E-state index contributed by atoms with van der Waals surface area (Å²) in [5.41, 5.74) is 0. The van der Waals surface area contributed by atoms with E-state index in [1.165, 1.54) is 38.6 Å². The lowest BCUT2D eigenvalue weighted by Gasteiger charge is -2.31. The maximum absolute atomic E-state index is 3.46. The van der Waals surface area contributed by atoms with E-state index in [9.17, 15) is 0 Å². The third kappa shape index (κ3) is 3.65. The third-order valence-electron chi connectivity index (χ3n) is 3.15. The Morgan fingerprint density at radius 3 is 2.31 bits per heavy atom. The molecule has 0 aromatic heterocycles. The first-order chi connectivity index (χ1) is 6.24. The fraction of sp³-hybridized carbons (Fsp3) is 1.00. The molecular formula is C11H24N2. The lowest BCUT2D eigenvalue weighted by atomic mass is 9.84. The van der Waals surface area contributed by atoms with E-state index in [1.807, 2.05) is 0 Å². The molecule has 0 amide bonds. The van der Waals surface area contributed by atoms with Crippen molar-refractivity contribution in [3.05, 3.63) is 0 Å². The van der Waals surface area contributed by atoms with E-state index >= 15 is 0 Å². The molecule has 13 heavy (non-hydrogen) atoms. The molecule has 1 aliphatic carbocycles. The molecule has 1 fully saturated rings. The molecule has 1 N–H and O–H groups in total. The first-order valence-corrected chi connectivity index (χ1v) is 5.56. The van der Waals surface area contributed by atoms with Crippen LogP contribution in [0.5, 0.6) is 0 Å². The van der Waals surface area contributed by atoms with Gasteiger partial charge in [-0.05, 0) is 39.9 Å². The van der Waals surface area contributed by atoms with Crippen molar-refractivity contribution in [1.29, 1.82) is 0 Å². The van der Waals surface area contributed by atoms with Crippen LogP contribution in [0, 0.1) is 5.92 Å². The Labute approximate surface area is 82.7 Å². The molecule has 0 heterocycles. The van der Waals surface area contributed by atoms with E-state index in [4.69, 9.17) is 0 Å². The van der Waals surface area contributed by atoms with Crippen molar-refractivity contribution in [2.45, 2.75) is 38.1 Å². The highest BCUT2D eigenvalue weighted by Crippen LogP contribution is 2.26. The lowest BCUT2D eigenvalue weighted by Crippen LogP contribution is -2.42. The molecule has 0 aromatic carbocycles. The fourth-order valence-corrected chi connectivity index (χ4v) is 2.41. The molecule has 2 heteroatoms. The molecule has 1 aliphatic rings. The van der Waals surface area contributed by atoms with Gasteiger partial charge in [0.2, 0.25) is 0 Å². The summed E-state index contributed by atoms with van der Waals surface area (Å²) < 4.78 is 0. The molecule has 1 atom stereocenters. The predicted molar refractivity (Wildman–Crippen MR) is 58.0 cm³/mol. The third-order valence-corrected chi connectivity index (χ3v) is 3.15. The Morgan fingerprint density at radius 2 is 1.85 bits per heavy atom. The van der Waals surface area contributed by atoms with Gasteiger partial charge in [0.25, 0.3) is 0 Å². The van der Waals surface area contributed by atoms with Crippen LogP contribution in [0.2, 0.25) is 0 Å². The van der Waals surface area contributed by atoms with E-state index in [0.29, 0.717) is 6.04 Å². The van der Waals surface area contributed by atoms with Crippen molar-refractivity contribution in [2.75, 3.05) is 27.7 Å². The highest BCUT2D eigenvalue weighted by Gasteiger charge is 2.22. The molecular weight excluding hydrogens is 160 g/mol. The van der Waals surface area contributed by atoms with Crippen molar-refractivity contribution >= 4 is 0 Å². The first-order valence-electron chi connectivity index (χ1n) is 5.56. The number of nitrogens with zero attached hydrogens (tertiary/aromatic N) is 1. The second-order valence-electron chi connectivity index (χ2n) is 4.56. The van der Waals surface area contributed by atoms with Crippen molar-refractivity contribution in [3.8, 4) is 0 Å². The second-order valence-corrected chi connectivity index (χ2v) is 4.56. The maximum atomic E-state index is 3.46. The quantitative estimate of drug-likeness (QED) is 0.715. The molecule has 0 bridgehead atoms. The van der Waals surface area contributed by atoms with Crippen LogP contribution in [0.3, 0.4) is 0 Å². The Hall–Kier alpha value is -0.0800. The maximum Gasteiger partial charge on any atom is 0.0219 e. The fourth-order valence-electron chi connectivity index (χ4n) is 2.41. The average Bonchev–Trinajstić information content (AvgIpc) is 2.15. The van der Waals surface area contributed by atoms with Gasteiger partial charge in [-0.25, -0.2) is 0 Å². The highest BCUT2D eigenvalue weighted by molar-refractivity contribution is 4.79. The van der Waals surface area contributed by atoms with Gasteiger partial charge in [0.15, 0.2) is 0 Å².